The first-order chi connectivity index (χ1) is 6.61. The summed E-state index contributed by atoms with van der Waals surface area (Å²) in [6.45, 7) is 0.661. The summed E-state index contributed by atoms with van der Waals surface area (Å²) < 4.78 is 0. The second kappa shape index (κ2) is 4.97. The van der Waals surface area contributed by atoms with Gasteiger partial charge in [0, 0.05) is 13.6 Å². The van der Waals surface area contributed by atoms with Crippen molar-refractivity contribution in [1.29, 1.82) is 0 Å². The molecule has 1 aromatic heterocycles. The Bertz CT molecular complexity index is 287. The molecule has 0 aliphatic rings. The van der Waals surface area contributed by atoms with Crippen LogP contribution in [0.2, 0.25) is 0 Å². The smallest absolute Gasteiger partial charge is 0.320 e. The van der Waals surface area contributed by atoms with Crippen LogP contribution in [0.4, 0.5) is 5.00 Å². The van der Waals surface area contributed by atoms with Crippen LogP contribution in [0.5, 0.6) is 0 Å². The summed E-state index contributed by atoms with van der Waals surface area (Å²) in [5.41, 5.74) is 5.40. The Balaban J connectivity index is 2.35. The summed E-state index contributed by atoms with van der Waals surface area (Å²) in [5.74, 6) is -0.940. The molecule has 4 nitrogen and oxygen atoms in total. The van der Waals surface area contributed by atoms with Crippen molar-refractivity contribution >= 4 is 22.3 Å². The van der Waals surface area contributed by atoms with Crippen LogP contribution >= 0.6 is 11.3 Å². The highest BCUT2D eigenvalue weighted by Gasteiger charge is 2.12. The van der Waals surface area contributed by atoms with Crippen LogP contribution in [0.3, 0.4) is 0 Å². The van der Waals surface area contributed by atoms with Crippen molar-refractivity contribution < 1.29 is 9.90 Å². The van der Waals surface area contributed by atoms with E-state index in [-0.39, 0.29) is 0 Å². The van der Waals surface area contributed by atoms with E-state index in [1.165, 1.54) is 0 Å². The molecule has 1 rings (SSSR count). The molecule has 0 radical (unpaired) electrons. The van der Waals surface area contributed by atoms with Crippen molar-refractivity contribution in [2.24, 2.45) is 5.73 Å². The molecule has 1 aromatic rings. The van der Waals surface area contributed by atoms with Crippen LogP contribution < -0.4 is 10.6 Å². The van der Waals surface area contributed by atoms with Crippen LogP contribution in [0.25, 0.3) is 0 Å². The zero-order chi connectivity index (χ0) is 10.6. The number of carboxylic acids is 1. The number of thiophene rings is 1. The van der Waals surface area contributed by atoms with Crippen molar-refractivity contribution in [2.75, 3.05) is 18.5 Å². The lowest BCUT2D eigenvalue weighted by atomic mass is 10.2. The third kappa shape index (κ3) is 3.01. The van der Waals surface area contributed by atoms with Gasteiger partial charge in [0.05, 0.1) is 5.00 Å². The maximum Gasteiger partial charge on any atom is 0.320 e. The Labute approximate surface area is 87.0 Å². The van der Waals surface area contributed by atoms with Crippen molar-refractivity contribution in [1.82, 2.24) is 0 Å². The van der Waals surface area contributed by atoms with Gasteiger partial charge in [-0.05, 0) is 23.9 Å². The van der Waals surface area contributed by atoms with Gasteiger partial charge >= 0.3 is 5.97 Å². The van der Waals surface area contributed by atoms with Gasteiger partial charge < -0.3 is 15.7 Å². The Morgan fingerprint density at radius 3 is 3.00 bits per heavy atom. The Morgan fingerprint density at radius 1 is 1.79 bits per heavy atom. The SMILES string of the molecule is CN(CCC(N)C(=O)O)c1cccs1. The van der Waals surface area contributed by atoms with Gasteiger partial charge in [0.1, 0.15) is 6.04 Å². The van der Waals surface area contributed by atoms with E-state index < -0.39 is 12.0 Å². The van der Waals surface area contributed by atoms with E-state index in [0.717, 1.165) is 5.00 Å². The highest BCUT2D eigenvalue weighted by Crippen LogP contribution is 2.19. The van der Waals surface area contributed by atoms with E-state index in [9.17, 15) is 4.79 Å². The van der Waals surface area contributed by atoms with Crippen molar-refractivity contribution in [3.8, 4) is 0 Å². The molecule has 0 aromatic carbocycles. The van der Waals surface area contributed by atoms with Gasteiger partial charge in [-0.1, -0.05) is 0 Å². The van der Waals surface area contributed by atoms with E-state index >= 15 is 0 Å². The predicted octanol–water partition coefficient (Wildman–Crippen LogP) is 0.986. The number of aliphatic carboxylic acids is 1. The highest BCUT2D eigenvalue weighted by molar-refractivity contribution is 7.14. The first-order valence-corrected chi connectivity index (χ1v) is 5.22. The third-order valence-electron chi connectivity index (χ3n) is 1.98. The molecule has 0 fully saturated rings. The molecule has 5 heteroatoms. The zero-order valence-electron chi connectivity index (χ0n) is 8.01. The number of hydrogen-bond acceptors (Lipinski definition) is 4. The number of nitrogens with zero attached hydrogens (tertiary/aromatic N) is 1. The minimum Gasteiger partial charge on any atom is -0.480 e. The maximum absolute atomic E-state index is 10.5. The molecular formula is C9H14N2O2S. The number of anilines is 1. The van der Waals surface area contributed by atoms with Crippen molar-refractivity contribution in [2.45, 2.75) is 12.5 Å². The molecule has 1 unspecified atom stereocenters. The van der Waals surface area contributed by atoms with E-state index in [1.54, 1.807) is 11.3 Å². The molecule has 78 valence electrons. The average molecular weight is 214 g/mol. The lowest BCUT2D eigenvalue weighted by Crippen LogP contribution is -2.34. The van der Waals surface area contributed by atoms with Crippen LogP contribution in [-0.4, -0.2) is 30.7 Å². The Hall–Kier alpha value is -1.07. The highest BCUT2D eigenvalue weighted by atomic mass is 32.1. The van der Waals surface area contributed by atoms with Gasteiger partial charge in [0.25, 0.3) is 0 Å². The van der Waals surface area contributed by atoms with E-state index in [1.807, 2.05) is 29.5 Å². The van der Waals surface area contributed by atoms with Crippen LogP contribution in [-0.2, 0) is 4.79 Å². The molecule has 0 aliphatic heterocycles. The summed E-state index contributed by atoms with van der Waals surface area (Å²) in [5, 5.41) is 11.7. The second-order valence-electron chi connectivity index (χ2n) is 3.11. The third-order valence-corrected chi connectivity index (χ3v) is 2.96. The number of rotatable bonds is 5. The van der Waals surface area contributed by atoms with Crippen molar-refractivity contribution in [3.05, 3.63) is 17.5 Å². The van der Waals surface area contributed by atoms with E-state index in [2.05, 4.69) is 0 Å². The zero-order valence-corrected chi connectivity index (χ0v) is 8.83. The summed E-state index contributed by atoms with van der Waals surface area (Å²) >= 11 is 1.63. The lowest BCUT2D eigenvalue weighted by molar-refractivity contribution is -0.138. The topological polar surface area (TPSA) is 66.6 Å². The molecule has 0 spiro atoms. The second-order valence-corrected chi connectivity index (χ2v) is 4.03. The Morgan fingerprint density at radius 2 is 2.50 bits per heavy atom. The average Bonchev–Trinajstić information content (AvgIpc) is 2.66. The Kier molecular flexibility index (Phi) is 3.91. The first-order valence-electron chi connectivity index (χ1n) is 4.34. The molecule has 1 heterocycles. The van der Waals surface area contributed by atoms with Crippen LogP contribution in [0.1, 0.15) is 6.42 Å². The van der Waals surface area contributed by atoms with Crippen molar-refractivity contribution in [3.63, 3.8) is 0 Å². The fraction of sp³-hybridized carbons (Fsp3) is 0.444. The molecule has 0 amide bonds. The number of carboxylic acid groups (broad SMARTS) is 1. The number of hydrogen-bond donors (Lipinski definition) is 2. The number of nitrogens with two attached hydrogens (primary N) is 1. The molecule has 0 saturated heterocycles. The summed E-state index contributed by atoms with van der Waals surface area (Å²) in [6.07, 6.45) is 0.462. The quantitative estimate of drug-likeness (QED) is 0.767. The van der Waals surface area contributed by atoms with E-state index in [4.69, 9.17) is 10.8 Å². The molecule has 1 atom stereocenters. The monoisotopic (exact) mass is 214 g/mol. The predicted molar refractivity (Wildman–Crippen MR) is 57.8 cm³/mol. The van der Waals surface area contributed by atoms with Crippen LogP contribution in [0.15, 0.2) is 17.5 Å². The molecule has 14 heavy (non-hydrogen) atoms. The van der Waals surface area contributed by atoms with Gasteiger partial charge in [-0.15, -0.1) is 11.3 Å². The van der Waals surface area contributed by atoms with Gasteiger partial charge in [-0.25, -0.2) is 0 Å². The normalized spacial score (nSPS) is 12.4. The molecular weight excluding hydrogens is 200 g/mol. The van der Waals surface area contributed by atoms with Gasteiger partial charge in [0.2, 0.25) is 0 Å². The summed E-state index contributed by atoms with van der Waals surface area (Å²) in [6, 6.07) is 3.20. The van der Waals surface area contributed by atoms with Gasteiger partial charge in [0.15, 0.2) is 0 Å². The lowest BCUT2D eigenvalue weighted by Gasteiger charge is -2.17. The largest absolute Gasteiger partial charge is 0.480 e. The fourth-order valence-electron chi connectivity index (χ4n) is 1.05. The van der Waals surface area contributed by atoms with Gasteiger partial charge in [-0.2, -0.15) is 0 Å². The number of carbonyl (C=O) groups is 1. The maximum atomic E-state index is 10.5. The minimum atomic E-state index is -0.940. The molecule has 0 aliphatic carbocycles. The standard InChI is InChI=1S/C9H14N2O2S/c1-11(8-3-2-6-14-8)5-4-7(10)9(12)13/h2-3,6-7H,4-5,10H2,1H3,(H,12,13). The molecule has 0 bridgehead atoms. The van der Waals surface area contributed by atoms with E-state index in [0.29, 0.717) is 13.0 Å². The molecule has 3 N–H and O–H groups in total. The molecule has 0 saturated carbocycles. The minimum absolute atomic E-state index is 0.462. The van der Waals surface area contributed by atoms with Crippen LogP contribution in [0, 0.1) is 0 Å². The fourth-order valence-corrected chi connectivity index (χ4v) is 1.78. The summed E-state index contributed by atoms with van der Waals surface area (Å²) in [7, 11) is 1.93. The summed E-state index contributed by atoms with van der Waals surface area (Å²) in [4.78, 5) is 12.5. The van der Waals surface area contributed by atoms with Gasteiger partial charge in [-0.3, -0.25) is 4.79 Å². The first kappa shape index (κ1) is 11.0.